The SMILES string of the molecule is CC1C=C(c2ccc(CO)cc2)C=C(C(=O)OCCS(C)(=O)=O)C(C(=O)OCCS(C)(=O)=O)=CN1Cc1sc2ccccc2c1Cl. The lowest BCUT2D eigenvalue weighted by Gasteiger charge is -2.29. The van der Waals surface area contributed by atoms with E-state index in [1.165, 1.54) is 23.6 Å². The molecule has 2 aromatic carbocycles. The molecule has 46 heavy (non-hydrogen) atoms. The number of hydrogen-bond donors (Lipinski definition) is 1. The summed E-state index contributed by atoms with van der Waals surface area (Å²) in [5.74, 6) is -2.79. The normalized spacial score (nSPS) is 15.8. The molecule has 2 heterocycles. The highest BCUT2D eigenvalue weighted by atomic mass is 35.5. The minimum Gasteiger partial charge on any atom is -0.461 e. The molecule has 1 unspecified atom stereocenters. The summed E-state index contributed by atoms with van der Waals surface area (Å²) >= 11 is 8.26. The minimum absolute atomic E-state index is 0.167. The van der Waals surface area contributed by atoms with E-state index in [9.17, 15) is 31.5 Å². The monoisotopic (exact) mass is 707 g/mol. The van der Waals surface area contributed by atoms with Crippen molar-refractivity contribution in [1.29, 1.82) is 0 Å². The summed E-state index contributed by atoms with van der Waals surface area (Å²) in [4.78, 5) is 29.8. The molecule has 0 fully saturated rings. The highest BCUT2D eigenvalue weighted by Gasteiger charge is 2.29. The lowest BCUT2D eigenvalue weighted by atomic mass is 9.95. The molecule has 1 atom stereocenters. The van der Waals surface area contributed by atoms with Crippen molar-refractivity contribution in [2.24, 2.45) is 0 Å². The zero-order chi connectivity index (χ0) is 33.6. The van der Waals surface area contributed by atoms with Crippen LogP contribution < -0.4 is 0 Å². The topological polar surface area (TPSA) is 144 Å². The van der Waals surface area contributed by atoms with Crippen molar-refractivity contribution in [2.75, 3.05) is 37.2 Å². The van der Waals surface area contributed by atoms with Crippen LogP contribution in [0.2, 0.25) is 5.02 Å². The van der Waals surface area contributed by atoms with Crippen molar-refractivity contribution in [3.63, 3.8) is 0 Å². The number of hydrogen-bond acceptors (Lipinski definition) is 11. The van der Waals surface area contributed by atoms with Gasteiger partial charge < -0.3 is 19.5 Å². The Morgan fingerprint density at radius 3 is 2.07 bits per heavy atom. The second-order valence-corrected chi connectivity index (χ2v) is 16.9. The first-order valence-corrected chi connectivity index (χ1v) is 19.4. The van der Waals surface area contributed by atoms with Crippen LogP contribution in [-0.4, -0.2) is 82.1 Å². The third-order valence-corrected chi connectivity index (χ3v) is 10.6. The number of halogens is 1. The van der Waals surface area contributed by atoms with Gasteiger partial charge in [-0.05, 0) is 35.8 Å². The molecule has 10 nitrogen and oxygen atoms in total. The zero-order valence-corrected chi connectivity index (χ0v) is 28.6. The fourth-order valence-electron chi connectivity index (χ4n) is 4.55. The van der Waals surface area contributed by atoms with Crippen LogP contribution in [0, 0.1) is 0 Å². The van der Waals surface area contributed by atoms with Crippen molar-refractivity contribution in [1.82, 2.24) is 4.90 Å². The van der Waals surface area contributed by atoms with Gasteiger partial charge >= 0.3 is 11.9 Å². The van der Waals surface area contributed by atoms with Crippen molar-refractivity contribution in [3.8, 4) is 0 Å². The minimum atomic E-state index is -3.46. The fourth-order valence-corrected chi connectivity index (χ4v) is 6.83. The number of thiophene rings is 1. The number of allylic oxidation sites excluding steroid dienone is 2. The number of ether oxygens (including phenoxy) is 2. The quantitative estimate of drug-likeness (QED) is 0.270. The Kier molecular flexibility index (Phi) is 11.5. The van der Waals surface area contributed by atoms with Crippen LogP contribution in [-0.2, 0) is 51.9 Å². The van der Waals surface area contributed by atoms with E-state index in [-0.39, 0.29) is 30.3 Å². The van der Waals surface area contributed by atoms with E-state index in [0.717, 1.165) is 27.5 Å². The van der Waals surface area contributed by atoms with E-state index in [1.807, 2.05) is 42.2 Å². The molecule has 1 aliphatic rings. The largest absolute Gasteiger partial charge is 0.461 e. The van der Waals surface area contributed by atoms with Gasteiger partial charge in [0.1, 0.15) is 13.2 Å². The summed E-state index contributed by atoms with van der Waals surface area (Å²) in [7, 11) is -6.92. The van der Waals surface area contributed by atoms with Crippen molar-refractivity contribution in [3.05, 3.63) is 99.1 Å². The highest BCUT2D eigenvalue weighted by Crippen LogP contribution is 2.37. The van der Waals surface area contributed by atoms with Crippen molar-refractivity contribution < 1.29 is 41.0 Å². The van der Waals surface area contributed by atoms with Gasteiger partial charge in [-0.25, -0.2) is 26.4 Å². The first-order valence-electron chi connectivity index (χ1n) is 14.1. The molecule has 0 saturated heterocycles. The third kappa shape index (κ3) is 9.52. The maximum Gasteiger partial charge on any atom is 0.340 e. The van der Waals surface area contributed by atoms with Gasteiger partial charge in [0.15, 0.2) is 19.7 Å². The summed E-state index contributed by atoms with van der Waals surface area (Å²) in [6.45, 7) is 1.07. The molecule has 14 heteroatoms. The number of nitrogens with zero attached hydrogens (tertiary/aromatic N) is 1. The van der Waals surface area contributed by atoms with Crippen LogP contribution in [0.4, 0.5) is 0 Å². The Bertz CT molecular complexity index is 1930. The van der Waals surface area contributed by atoms with Gasteiger partial charge in [-0.15, -0.1) is 11.3 Å². The van der Waals surface area contributed by atoms with Gasteiger partial charge in [-0.2, -0.15) is 0 Å². The lowest BCUT2D eigenvalue weighted by molar-refractivity contribution is -0.142. The van der Waals surface area contributed by atoms with Crippen molar-refractivity contribution >= 4 is 70.2 Å². The average molecular weight is 708 g/mol. The van der Waals surface area contributed by atoms with Crippen LogP contribution in [0.5, 0.6) is 0 Å². The van der Waals surface area contributed by atoms with Gasteiger partial charge in [-0.1, -0.05) is 60.1 Å². The summed E-state index contributed by atoms with van der Waals surface area (Å²) in [6.07, 6.45) is 6.83. The first-order chi connectivity index (χ1) is 21.6. The number of carbonyl (C=O) groups excluding carboxylic acids is 2. The molecular formula is C32H34ClNO9S3. The highest BCUT2D eigenvalue weighted by molar-refractivity contribution is 7.90. The van der Waals surface area contributed by atoms with E-state index in [2.05, 4.69) is 0 Å². The Labute approximate surface area is 277 Å². The number of benzene rings is 2. The number of esters is 2. The standard InChI is InChI=1S/C32H34ClNO9S3/c1-21-16-24(23-10-8-22(20-35)9-11-23)17-26(31(36)42-12-14-45(2,38)39)27(32(37)43-13-15-46(3,40)41)18-34(21)19-29-30(33)25-6-4-5-7-28(25)44-29/h4-11,16-18,21,35H,12-15,19-20H2,1-3H3. The van der Waals surface area contributed by atoms with Crippen LogP contribution in [0.15, 0.2) is 78.0 Å². The molecule has 3 aromatic rings. The van der Waals surface area contributed by atoms with Gasteiger partial charge in [0.25, 0.3) is 0 Å². The third-order valence-electron chi connectivity index (χ3n) is 7.04. The number of aliphatic hydroxyl groups is 1. The first kappa shape index (κ1) is 35.4. The number of sulfone groups is 2. The van der Waals surface area contributed by atoms with Crippen LogP contribution in [0.3, 0.4) is 0 Å². The molecule has 0 saturated carbocycles. The van der Waals surface area contributed by atoms with Crippen molar-refractivity contribution in [2.45, 2.75) is 26.1 Å². The number of fused-ring (bicyclic) bond motifs is 1. The molecular weight excluding hydrogens is 674 g/mol. The number of aliphatic hydroxyl groups excluding tert-OH is 1. The molecule has 1 aromatic heterocycles. The van der Waals surface area contributed by atoms with E-state index in [0.29, 0.717) is 21.7 Å². The molecule has 0 aliphatic carbocycles. The molecule has 246 valence electrons. The van der Waals surface area contributed by atoms with E-state index in [4.69, 9.17) is 21.1 Å². The van der Waals surface area contributed by atoms with Gasteiger partial charge in [0.05, 0.1) is 40.8 Å². The predicted octanol–water partition coefficient (Wildman–Crippen LogP) is 4.32. The number of carbonyl (C=O) groups is 2. The number of rotatable bonds is 12. The predicted molar refractivity (Wildman–Crippen MR) is 180 cm³/mol. The molecule has 0 spiro atoms. The summed E-state index contributed by atoms with van der Waals surface area (Å²) in [6, 6.07) is 14.3. The van der Waals surface area contributed by atoms with Crippen LogP contribution in [0.25, 0.3) is 15.7 Å². The summed E-state index contributed by atoms with van der Waals surface area (Å²) < 4.78 is 58.5. The maximum absolute atomic E-state index is 13.6. The average Bonchev–Trinajstić information content (AvgIpc) is 3.30. The second-order valence-electron chi connectivity index (χ2n) is 10.9. The van der Waals surface area contributed by atoms with E-state index in [1.54, 1.807) is 24.3 Å². The smallest absolute Gasteiger partial charge is 0.340 e. The fraction of sp³-hybridized carbons (Fsp3) is 0.312. The Hall–Kier alpha value is -3.49. The Balaban J connectivity index is 1.85. The van der Waals surface area contributed by atoms with Gasteiger partial charge in [0.2, 0.25) is 0 Å². The van der Waals surface area contributed by atoms with Crippen LogP contribution >= 0.6 is 22.9 Å². The molecule has 1 aliphatic heterocycles. The summed E-state index contributed by atoms with van der Waals surface area (Å²) in [5.41, 5.74) is 1.45. The molecule has 0 amide bonds. The van der Waals surface area contributed by atoms with E-state index >= 15 is 0 Å². The lowest BCUT2D eigenvalue weighted by Crippen LogP contribution is -2.30. The summed E-state index contributed by atoms with van der Waals surface area (Å²) in [5, 5.41) is 11.0. The van der Waals surface area contributed by atoms with E-state index < -0.39 is 56.3 Å². The molecule has 4 rings (SSSR count). The van der Waals surface area contributed by atoms with Crippen LogP contribution in [0.1, 0.15) is 22.9 Å². The molecule has 0 radical (unpaired) electrons. The Morgan fingerprint density at radius 2 is 1.50 bits per heavy atom. The molecule has 0 bridgehead atoms. The second kappa shape index (κ2) is 14.9. The maximum atomic E-state index is 13.6. The zero-order valence-electron chi connectivity index (χ0n) is 25.4. The van der Waals surface area contributed by atoms with Gasteiger partial charge in [0, 0.05) is 39.7 Å². The Morgan fingerprint density at radius 1 is 0.913 bits per heavy atom. The van der Waals surface area contributed by atoms with Gasteiger partial charge in [-0.3, -0.25) is 0 Å². The molecule has 1 N–H and O–H groups in total.